The lowest BCUT2D eigenvalue weighted by Gasteiger charge is -2.08. The first-order valence-electron chi connectivity index (χ1n) is 7.19. The number of rotatable bonds is 1. The Bertz CT molecular complexity index is 1040. The number of halogens is 3. The fraction of sp³-hybridized carbons (Fsp3) is 0.0556. The Hall–Kier alpha value is -3.02. The normalized spacial score (nSPS) is 12.0. The number of hydrogen-bond acceptors (Lipinski definition) is 3. The van der Waals surface area contributed by atoms with Gasteiger partial charge in [0.15, 0.2) is 5.82 Å². The summed E-state index contributed by atoms with van der Waals surface area (Å²) >= 11 is 0. The summed E-state index contributed by atoms with van der Waals surface area (Å²) in [5.74, 6) is 0.389. The molecule has 24 heavy (non-hydrogen) atoms. The summed E-state index contributed by atoms with van der Waals surface area (Å²) in [6.07, 6.45) is 0.748. The Morgan fingerprint density at radius 1 is 0.792 bits per heavy atom. The van der Waals surface area contributed by atoms with E-state index in [1.54, 1.807) is 18.6 Å². The van der Waals surface area contributed by atoms with Gasteiger partial charge in [-0.15, -0.1) is 0 Å². The van der Waals surface area contributed by atoms with E-state index in [0.717, 1.165) is 33.8 Å². The Morgan fingerprint density at radius 2 is 1.54 bits per heavy atom. The van der Waals surface area contributed by atoms with Crippen molar-refractivity contribution in [1.29, 1.82) is 0 Å². The van der Waals surface area contributed by atoms with Crippen molar-refractivity contribution < 1.29 is 13.2 Å². The van der Waals surface area contributed by atoms with Gasteiger partial charge in [-0.1, -0.05) is 24.3 Å². The molecule has 118 valence electrons. The molecule has 0 aliphatic heterocycles. The van der Waals surface area contributed by atoms with Gasteiger partial charge in [-0.2, -0.15) is 13.2 Å². The molecule has 0 atom stereocenters. The summed E-state index contributed by atoms with van der Waals surface area (Å²) in [6.45, 7) is 0. The Balaban J connectivity index is 1.86. The largest absolute Gasteiger partial charge is 0.416 e. The molecule has 0 spiro atoms. The lowest BCUT2D eigenvalue weighted by Crippen LogP contribution is -2.04. The smallest absolute Gasteiger partial charge is 0.264 e. The molecule has 0 radical (unpaired) electrons. The standard InChI is InChI=1S/C18H10F3N3/c19-18(20,21)14-5-3-11(4-6-14)17-23-10-13-2-1-12-9-22-8-7-15(12)16(13)24-17/h1-10H. The van der Waals surface area contributed by atoms with E-state index in [9.17, 15) is 13.2 Å². The number of fused-ring (bicyclic) bond motifs is 3. The third kappa shape index (κ3) is 2.46. The molecule has 2 aromatic carbocycles. The second-order valence-electron chi connectivity index (χ2n) is 5.37. The van der Waals surface area contributed by atoms with E-state index in [-0.39, 0.29) is 0 Å². The Morgan fingerprint density at radius 3 is 2.29 bits per heavy atom. The van der Waals surface area contributed by atoms with Crippen molar-refractivity contribution in [2.24, 2.45) is 0 Å². The van der Waals surface area contributed by atoms with Crippen LogP contribution in [-0.2, 0) is 6.18 Å². The summed E-state index contributed by atoms with van der Waals surface area (Å²) < 4.78 is 38.0. The van der Waals surface area contributed by atoms with Crippen LogP contribution in [0.3, 0.4) is 0 Å². The third-order valence-electron chi connectivity index (χ3n) is 3.84. The van der Waals surface area contributed by atoms with Crippen molar-refractivity contribution in [3.05, 3.63) is 66.6 Å². The zero-order chi connectivity index (χ0) is 16.7. The predicted molar refractivity (Wildman–Crippen MR) is 85.3 cm³/mol. The number of pyridine rings is 1. The van der Waals surface area contributed by atoms with Crippen molar-refractivity contribution in [3.8, 4) is 11.4 Å². The summed E-state index contributed by atoms with van der Waals surface area (Å²) in [6, 6.07) is 10.5. The zero-order valence-corrected chi connectivity index (χ0v) is 12.2. The lowest BCUT2D eigenvalue weighted by atomic mass is 10.1. The van der Waals surface area contributed by atoms with Gasteiger partial charge in [0.2, 0.25) is 0 Å². The van der Waals surface area contributed by atoms with Crippen LogP contribution in [0.4, 0.5) is 13.2 Å². The number of benzene rings is 2. The van der Waals surface area contributed by atoms with E-state index in [4.69, 9.17) is 0 Å². The molecule has 0 aliphatic rings. The summed E-state index contributed by atoms with van der Waals surface area (Å²) in [5, 5.41) is 2.74. The molecule has 0 saturated carbocycles. The van der Waals surface area contributed by atoms with Gasteiger partial charge in [-0.05, 0) is 18.2 Å². The molecular weight excluding hydrogens is 315 g/mol. The molecule has 4 aromatic rings. The van der Waals surface area contributed by atoms with E-state index < -0.39 is 11.7 Å². The van der Waals surface area contributed by atoms with Crippen molar-refractivity contribution >= 4 is 21.7 Å². The van der Waals surface area contributed by atoms with E-state index in [0.29, 0.717) is 11.4 Å². The Labute approximate surface area is 134 Å². The predicted octanol–water partition coefficient (Wildman–Crippen LogP) is 4.86. The fourth-order valence-electron chi connectivity index (χ4n) is 2.61. The number of alkyl halides is 3. The highest BCUT2D eigenvalue weighted by molar-refractivity contribution is 6.04. The average molecular weight is 325 g/mol. The first-order chi connectivity index (χ1) is 11.5. The molecule has 6 heteroatoms. The molecule has 0 bridgehead atoms. The quantitative estimate of drug-likeness (QED) is 0.469. The highest BCUT2D eigenvalue weighted by Crippen LogP contribution is 2.31. The lowest BCUT2D eigenvalue weighted by molar-refractivity contribution is -0.137. The van der Waals surface area contributed by atoms with Gasteiger partial charge < -0.3 is 0 Å². The number of hydrogen-bond donors (Lipinski definition) is 0. The number of aromatic nitrogens is 3. The van der Waals surface area contributed by atoms with Crippen LogP contribution in [0.25, 0.3) is 33.1 Å². The monoisotopic (exact) mass is 325 g/mol. The highest BCUT2D eigenvalue weighted by atomic mass is 19.4. The molecule has 3 nitrogen and oxygen atoms in total. The zero-order valence-electron chi connectivity index (χ0n) is 12.2. The van der Waals surface area contributed by atoms with Crippen LogP contribution in [0.2, 0.25) is 0 Å². The van der Waals surface area contributed by atoms with Crippen LogP contribution < -0.4 is 0 Å². The van der Waals surface area contributed by atoms with Gasteiger partial charge in [-0.3, -0.25) is 4.98 Å². The SMILES string of the molecule is FC(F)(F)c1ccc(-c2ncc3ccc4cnccc4c3n2)cc1. The molecule has 0 unspecified atom stereocenters. The van der Waals surface area contributed by atoms with Gasteiger partial charge in [0, 0.05) is 40.3 Å². The molecule has 0 fully saturated rings. The minimum Gasteiger partial charge on any atom is -0.264 e. The van der Waals surface area contributed by atoms with Crippen LogP contribution in [0.5, 0.6) is 0 Å². The van der Waals surface area contributed by atoms with E-state index in [1.165, 1.54) is 12.1 Å². The summed E-state index contributed by atoms with van der Waals surface area (Å²) in [7, 11) is 0. The minimum absolute atomic E-state index is 0.389. The van der Waals surface area contributed by atoms with E-state index in [1.807, 2.05) is 18.2 Å². The van der Waals surface area contributed by atoms with Crippen LogP contribution in [0.1, 0.15) is 5.56 Å². The highest BCUT2D eigenvalue weighted by Gasteiger charge is 2.30. The first kappa shape index (κ1) is 14.6. The molecular formula is C18H10F3N3. The third-order valence-corrected chi connectivity index (χ3v) is 3.84. The van der Waals surface area contributed by atoms with Gasteiger partial charge in [0.05, 0.1) is 11.1 Å². The van der Waals surface area contributed by atoms with Crippen molar-refractivity contribution in [2.75, 3.05) is 0 Å². The first-order valence-corrected chi connectivity index (χ1v) is 7.19. The number of nitrogens with zero attached hydrogens (tertiary/aromatic N) is 3. The summed E-state index contributed by atoms with van der Waals surface area (Å²) in [4.78, 5) is 12.9. The molecule has 4 rings (SSSR count). The van der Waals surface area contributed by atoms with Gasteiger partial charge in [-0.25, -0.2) is 9.97 Å². The Kier molecular flexibility index (Phi) is 3.19. The van der Waals surface area contributed by atoms with Crippen LogP contribution >= 0.6 is 0 Å². The maximum absolute atomic E-state index is 12.7. The molecule has 2 aromatic heterocycles. The second-order valence-corrected chi connectivity index (χ2v) is 5.37. The van der Waals surface area contributed by atoms with Crippen molar-refractivity contribution in [3.63, 3.8) is 0 Å². The summed E-state index contributed by atoms with van der Waals surface area (Å²) in [5.41, 5.74) is 0.597. The second kappa shape index (κ2) is 5.26. The fourth-order valence-corrected chi connectivity index (χ4v) is 2.61. The molecule has 0 amide bonds. The average Bonchev–Trinajstić information content (AvgIpc) is 2.60. The maximum atomic E-state index is 12.7. The van der Waals surface area contributed by atoms with Crippen LogP contribution in [0.15, 0.2) is 61.1 Å². The van der Waals surface area contributed by atoms with Crippen LogP contribution in [-0.4, -0.2) is 15.0 Å². The van der Waals surface area contributed by atoms with Crippen molar-refractivity contribution in [2.45, 2.75) is 6.18 Å². The molecule has 2 heterocycles. The topological polar surface area (TPSA) is 38.7 Å². The van der Waals surface area contributed by atoms with Gasteiger partial charge >= 0.3 is 6.18 Å². The minimum atomic E-state index is -4.36. The van der Waals surface area contributed by atoms with E-state index >= 15 is 0 Å². The molecule has 0 saturated heterocycles. The maximum Gasteiger partial charge on any atom is 0.416 e. The van der Waals surface area contributed by atoms with Gasteiger partial charge in [0.25, 0.3) is 0 Å². The molecule has 0 aliphatic carbocycles. The van der Waals surface area contributed by atoms with Crippen molar-refractivity contribution in [1.82, 2.24) is 15.0 Å². The van der Waals surface area contributed by atoms with Crippen LogP contribution in [0, 0.1) is 0 Å². The van der Waals surface area contributed by atoms with Gasteiger partial charge in [0.1, 0.15) is 0 Å². The van der Waals surface area contributed by atoms with E-state index in [2.05, 4.69) is 15.0 Å². The molecule has 0 N–H and O–H groups in total.